The zero-order valence-corrected chi connectivity index (χ0v) is 14.5. The van der Waals surface area contributed by atoms with Gasteiger partial charge in [-0.25, -0.2) is 0 Å². The number of aromatic nitrogens is 1. The van der Waals surface area contributed by atoms with Crippen LogP contribution in [0.3, 0.4) is 0 Å². The van der Waals surface area contributed by atoms with Crippen LogP contribution in [-0.4, -0.2) is 23.3 Å². The maximum absolute atomic E-state index is 12.1. The number of hydrogen-bond acceptors (Lipinski definition) is 4. The molecule has 3 N–H and O–H groups in total. The molecule has 2 amide bonds. The average Bonchev–Trinajstić information content (AvgIpc) is 2.61. The first-order chi connectivity index (χ1) is 12.6. The molecule has 0 radical (unpaired) electrons. The molecule has 132 valence electrons. The summed E-state index contributed by atoms with van der Waals surface area (Å²) in [5.74, 6) is -0.257. The lowest BCUT2D eigenvalue weighted by molar-refractivity contribution is -0.116. The summed E-state index contributed by atoms with van der Waals surface area (Å²) in [6.45, 7) is 1.94. The Bertz CT molecular complexity index is 935. The van der Waals surface area contributed by atoms with Crippen LogP contribution < -0.4 is 16.0 Å². The van der Waals surface area contributed by atoms with Crippen LogP contribution in [0.4, 0.5) is 17.1 Å². The molecule has 26 heavy (non-hydrogen) atoms. The number of pyridine rings is 1. The number of fused-ring (bicyclic) bond motifs is 1. The van der Waals surface area contributed by atoms with Gasteiger partial charge in [0.15, 0.2) is 0 Å². The first kappa shape index (κ1) is 17.4. The smallest absolute Gasteiger partial charge is 0.226 e. The topological polar surface area (TPSA) is 83.1 Å². The quantitative estimate of drug-likeness (QED) is 0.635. The highest BCUT2D eigenvalue weighted by atomic mass is 16.2. The highest BCUT2D eigenvalue weighted by molar-refractivity contribution is 5.94. The lowest BCUT2D eigenvalue weighted by atomic mass is 10.2. The Kier molecular flexibility index (Phi) is 5.43. The molecule has 0 saturated heterocycles. The third-order valence-electron chi connectivity index (χ3n) is 3.77. The molecule has 0 saturated carbocycles. The zero-order chi connectivity index (χ0) is 18.4. The van der Waals surface area contributed by atoms with E-state index in [0.29, 0.717) is 24.3 Å². The number of benzene rings is 2. The Hall–Kier alpha value is -3.41. The number of nitrogens with zero attached hydrogens (tertiary/aromatic N) is 1. The highest BCUT2D eigenvalue weighted by Crippen LogP contribution is 2.20. The van der Waals surface area contributed by atoms with E-state index in [9.17, 15) is 9.59 Å². The molecule has 1 heterocycles. The van der Waals surface area contributed by atoms with E-state index in [1.54, 1.807) is 30.5 Å². The van der Waals surface area contributed by atoms with Gasteiger partial charge >= 0.3 is 0 Å². The van der Waals surface area contributed by atoms with E-state index in [-0.39, 0.29) is 11.8 Å². The molecule has 0 atom stereocenters. The van der Waals surface area contributed by atoms with E-state index in [4.69, 9.17) is 0 Å². The van der Waals surface area contributed by atoms with Crippen molar-refractivity contribution in [1.82, 2.24) is 4.98 Å². The predicted octanol–water partition coefficient (Wildman–Crippen LogP) is 3.63. The maximum Gasteiger partial charge on any atom is 0.226 e. The van der Waals surface area contributed by atoms with E-state index in [1.165, 1.54) is 6.92 Å². The van der Waals surface area contributed by atoms with E-state index in [2.05, 4.69) is 20.9 Å². The lowest BCUT2D eigenvalue weighted by Crippen LogP contribution is -2.16. The molecule has 0 unspecified atom stereocenters. The molecular formula is C20H20N4O2. The van der Waals surface area contributed by atoms with Gasteiger partial charge in [0, 0.05) is 42.8 Å². The van der Waals surface area contributed by atoms with Crippen LogP contribution in [0.2, 0.25) is 0 Å². The molecular weight excluding hydrogens is 328 g/mol. The maximum atomic E-state index is 12.1. The number of nitrogens with one attached hydrogen (secondary N) is 3. The van der Waals surface area contributed by atoms with Crippen LogP contribution in [-0.2, 0) is 9.59 Å². The van der Waals surface area contributed by atoms with Crippen molar-refractivity contribution in [1.29, 1.82) is 0 Å². The van der Waals surface area contributed by atoms with Crippen molar-refractivity contribution in [2.45, 2.75) is 13.3 Å². The fourth-order valence-corrected chi connectivity index (χ4v) is 2.66. The Morgan fingerprint density at radius 3 is 2.50 bits per heavy atom. The Labute approximate surface area is 151 Å². The second kappa shape index (κ2) is 8.11. The first-order valence-electron chi connectivity index (χ1n) is 8.37. The minimum atomic E-state index is -0.152. The van der Waals surface area contributed by atoms with Gasteiger partial charge in [-0.15, -0.1) is 0 Å². The normalized spacial score (nSPS) is 10.3. The Morgan fingerprint density at radius 2 is 1.69 bits per heavy atom. The van der Waals surface area contributed by atoms with Gasteiger partial charge in [0.2, 0.25) is 11.8 Å². The van der Waals surface area contributed by atoms with Gasteiger partial charge in [0.05, 0.1) is 11.2 Å². The summed E-state index contributed by atoms with van der Waals surface area (Å²) in [4.78, 5) is 27.6. The van der Waals surface area contributed by atoms with E-state index < -0.39 is 0 Å². The van der Waals surface area contributed by atoms with Crippen molar-refractivity contribution in [3.63, 3.8) is 0 Å². The van der Waals surface area contributed by atoms with Crippen LogP contribution in [0.5, 0.6) is 0 Å². The first-order valence-corrected chi connectivity index (χ1v) is 8.37. The molecule has 3 aromatic rings. The molecule has 6 nitrogen and oxygen atoms in total. The van der Waals surface area contributed by atoms with Crippen LogP contribution in [0, 0.1) is 0 Å². The summed E-state index contributed by atoms with van der Waals surface area (Å²) < 4.78 is 0. The van der Waals surface area contributed by atoms with Crippen LogP contribution >= 0.6 is 0 Å². The summed E-state index contributed by atoms with van der Waals surface area (Å²) in [5, 5.41) is 9.84. The van der Waals surface area contributed by atoms with Crippen molar-refractivity contribution in [2.24, 2.45) is 0 Å². The second-order valence-corrected chi connectivity index (χ2v) is 5.87. The number of amides is 2. The minimum absolute atomic E-state index is 0.106. The van der Waals surface area contributed by atoms with Crippen molar-refractivity contribution in [3.05, 3.63) is 60.8 Å². The molecule has 0 aliphatic heterocycles. The number of carbonyl (C=O) groups is 2. The standard InChI is InChI=1S/C20H20N4O2/c1-14(25)23-16-7-3-8-17(13-16)24-19(26)10-12-21-18-9-2-5-15-6-4-11-22-20(15)18/h2-9,11,13,21H,10,12H2,1H3,(H,23,25)(H,24,26). The molecule has 0 aliphatic carbocycles. The Morgan fingerprint density at radius 1 is 0.962 bits per heavy atom. The van der Waals surface area contributed by atoms with Crippen molar-refractivity contribution in [2.75, 3.05) is 22.5 Å². The summed E-state index contributed by atoms with van der Waals surface area (Å²) >= 11 is 0. The minimum Gasteiger partial charge on any atom is -0.383 e. The molecule has 3 rings (SSSR count). The van der Waals surface area contributed by atoms with E-state index in [1.807, 2.05) is 30.3 Å². The SMILES string of the molecule is CC(=O)Nc1cccc(NC(=O)CCNc2cccc3cccnc23)c1. The van der Waals surface area contributed by atoms with Gasteiger partial charge < -0.3 is 16.0 Å². The number of rotatable bonds is 6. The van der Waals surface area contributed by atoms with Gasteiger partial charge in [-0.05, 0) is 30.3 Å². The number of anilines is 3. The number of carbonyl (C=O) groups excluding carboxylic acids is 2. The third-order valence-corrected chi connectivity index (χ3v) is 3.77. The highest BCUT2D eigenvalue weighted by Gasteiger charge is 2.05. The molecule has 0 fully saturated rings. The molecule has 1 aromatic heterocycles. The van der Waals surface area contributed by atoms with Crippen LogP contribution in [0.1, 0.15) is 13.3 Å². The monoisotopic (exact) mass is 348 g/mol. The largest absolute Gasteiger partial charge is 0.383 e. The van der Waals surface area contributed by atoms with Crippen molar-refractivity contribution >= 4 is 39.8 Å². The van der Waals surface area contributed by atoms with Gasteiger partial charge in [-0.3, -0.25) is 14.6 Å². The molecule has 2 aromatic carbocycles. The van der Waals surface area contributed by atoms with Gasteiger partial charge in [0.25, 0.3) is 0 Å². The van der Waals surface area contributed by atoms with Crippen molar-refractivity contribution < 1.29 is 9.59 Å². The summed E-state index contributed by atoms with van der Waals surface area (Å²) in [7, 11) is 0. The average molecular weight is 348 g/mol. The number of hydrogen-bond donors (Lipinski definition) is 3. The van der Waals surface area contributed by atoms with E-state index in [0.717, 1.165) is 16.6 Å². The molecule has 0 bridgehead atoms. The number of para-hydroxylation sites is 1. The van der Waals surface area contributed by atoms with Gasteiger partial charge in [0.1, 0.15) is 0 Å². The van der Waals surface area contributed by atoms with Gasteiger partial charge in [-0.1, -0.05) is 24.3 Å². The Balaban J connectivity index is 1.55. The summed E-state index contributed by atoms with van der Waals surface area (Å²) in [6.07, 6.45) is 2.07. The third kappa shape index (κ3) is 4.57. The predicted molar refractivity (Wildman–Crippen MR) is 104 cm³/mol. The van der Waals surface area contributed by atoms with Crippen LogP contribution in [0.15, 0.2) is 60.8 Å². The molecule has 6 heteroatoms. The van der Waals surface area contributed by atoms with Gasteiger partial charge in [-0.2, -0.15) is 0 Å². The lowest BCUT2D eigenvalue weighted by Gasteiger charge is -2.10. The fourth-order valence-electron chi connectivity index (χ4n) is 2.66. The molecule has 0 spiro atoms. The zero-order valence-electron chi connectivity index (χ0n) is 14.5. The van der Waals surface area contributed by atoms with E-state index >= 15 is 0 Å². The second-order valence-electron chi connectivity index (χ2n) is 5.87. The van der Waals surface area contributed by atoms with Crippen LogP contribution in [0.25, 0.3) is 10.9 Å². The van der Waals surface area contributed by atoms with Crippen molar-refractivity contribution in [3.8, 4) is 0 Å². The molecule has 0 aliphatic rings. The fraction of sp³-hybridized carbons (Fsp3) is 0.150. The summed E-state index contributed by atoms with van der Waals surface area (Å²) in [5.41, 5.74) is 3.09. The summed E-state index contributed by atoms with van der Waals surface area (Å²) in [6, 6.07) is 16.9.